The molecule has 0 fully saturated rings. The molecule has 1 atom stereocenters. The van der Waals surface area contributed by atoms with Crippen LogP contribution in [0.2, 0.25) is 0 Å². The first-order valence-electron chi connectivity index (χ1n) is 8.80. The number of rotatable bonds is 9. The molecule has 0 aliphatic heterocycles. The third-order valence-corrected chi connectivity index (χ3v) is 4.08. The lowest BCUT2D eigenvalue weighted by Gasteiger charge is -2.18. The van der Waals surface area contributed by atoms with Gasteiger partial charge in [-0.15, -0.1) is 0 Å². The molecule has 28 heavy (non-hydrogen) atoms. The van der Waals surface area contributed by atoms with Gasteiger partial charge in [-0.25, -0.2) is 4.79 Å². The van der Waals surface area contributed by atoms with Gasteiger partial charge in [0, 0.05) is 5.56 Å². The van der Waals surface area contributed by atoms with Crippen LogP contribution in [0.25, 0.3) is 0 Å². The third kappa shape index (κ3) is 5.90. The second-order valence-corrected chi connectivity index (χ2v) is 6.11. The van der Waals surface area contributed by atoms with Crippen molar-refractivity contribution in [2.75, 3.05) is 27.4 Å². The summed E-state index contributed by atoms with van der Waals surface area (Å²) < 4.78 is 20.9. The van der Waals surface area contributed by atoms with E-state index in [9.17, 15) is 9.59 Å². The van der Waals surface area contributed by atoms with Gasteiger partial charge in [-0.05, 0) is 43.7 Å². The lowest BCUT2D eigenvalue weighted by molar-refractivity contribution is -0.150. The molecule has 1 amide bonds. The Morgan fingerprint density at radius 3 is 2.43 bits per heavy atom. The van der Waals surface area contributed by atoms with Crippen LogP contribution in [0.3, 0.4) is 0 Å². The van der Waals surface area contributed by atoms with Gasteiger partial charge < -0.3 is 24.3 Å². The molecule has 150 valence electrons. The summed E-state index contributed by atoms with van der Waals surface area (Å²) in [7, 11) is 3.11. The van der Waals surface area contributed by atoms with E-state index < -0.39 is 18.5 Å². The van der Waals surface area contributed by atoms with Gasteiger partial charge in [-0.2, -0.15) is 0 Å². The van der Waals surface area contributed by atoms with E-state index in [4.69, 9.17) is 18.9 Å². The minimum atomic E-state index is -0.620. The molecule has 0 heterocycles. The zero-order valence-electron chi connectivity index (χ0n) is 16.5. The van der Waals surface area contributed by atoms with Crippen LogP contribution in [0.15, 0.2) is 42.5 Å². The highest BCUT2D eigenvalue weighted by atomic mass is 16.6. The normalized spacial score (nSPS) is 11.3. The van der Waals surface area contributed by atoms with Gasteiger partial charge in [0.2, 0.25) is 0 Å². The maximum absolute atomic E-state index is 12.1. The Hall–Kier alpha value is -3.22. The van der Waals surface area contributed by atoms with Gasteiger partial charge in [0.25, 0.3) is 5.91 Å². The zero-order valence-corrected chi connectivity index (χ0v) is 16.5. The summed E-state index contributed by atoms with van der Waals surface area (Å²) in [6.07, 6.45) is 0. The molecule has 0 unspecified atom stereocenters. The molecule has 0 spiro atoms. The molecule has 0 aliphatic rings. The van der Waals surface area contributed by atoms with Crippen molar-refractivity contribution in [1.29, 1.82) is 0 Å². The number of nitrogens with one attached hydrogen (secondary N) is 1. The average Bonchev–Trinajstić information content (AvgIpc) is 2.71. The van der Waals surface area contributed by atoms with Gasteiger partial charge in [-0.3, -0.25) is 4.79 Å². The van der Waals surface area contributed by atoms with Gasteiger partial charge in [-0.1, -0.05) is 18.2 Å². The number of para-hydroxylation sites is 1. The van der Waals surface area contributed by atoms with Crippen LogP contribution in [-0.2, 0) is 14.3 Å². The number of benzene rings is 2. The summed E-state index contributed by atoms with van der Waals surface area (Å²) in [4.78, 5) is 23.9. The van der Waals surface area contributed by atoms with E-state index in [1.165, 1.54) is 0 Å². The van der Waals surface area contributed by atoms with Crippen molar-refractivity contribution < 1.29 is 28.5 Å². The van der Waals surface area contributed by atoms with E-state index in [1.54, 1.807) is 45.4 Å². The van der Waals surface area contributed by atoms with Crippen LogP contribution < -0.4 is 19.5 Å². The molecule has 7 heteroatoms. The highest BCUT2D eigenvalue weighted by molar-refractivity contribution is 5.81. The number of aryl methyl sites for hydroxylation is 1. The van der Waals surface area contributed by atoms with E-state index in [1.807, 2.05) is 25.1 Å². The van der Waals surface area contributed by atoms with Crippen molar-refractivity contribution in [2.24, 2.45) is 0 Å². The first kappa shape index (κ1) is 21.1. The number of amides is 1. The van der Waals surface area contributed by atoms with Crippen LogP contribution in [0.1, 0.15) is 24.1 Å². The molecule has 1 N–H and O–H groups in total. The lowest BCUT2D eigenvalue weighted by atomic mass is 10.1. The molecule has 2 rings (SSSR count). The number of carbonyl (C=O) groups is 2. The molecule has 7 nitrogen and oxygen atoms in total. The van der Waals surface area contributed by atoms with Crippen LogP contribution in [0.5, 0.6) is 17.2 Å². The highest BCUT2D eigenvalue weighted by Crippen LogP contribution is 2.29. The molecule has 2 aromatic carbocycles. The highest BCUT2D eigenvalue weighted by Gasteiger charge is 2.16. The fourth-order valence-electron chi connectivity index (χ4n) is 2.58. The van der Waals surface area contributed by atoms with E-state index in [2.05, 4.69) is 5.32 Å². The minimum absolute atomic E-state index is 0.266. The summed E-state index contributed by atoms with van der Waals surface area (Å²) in [6.45, 7) is 3.02. The Morgan fingerprint density at radius 2 is 1.75 bits per heavy atom. The summed E-state index contributed by atoms with van der Waals surface area (Å²) in [6, 6.07) is 12.3. The smallest absolute Gasteiger partial charge is 0.344 e. The number of ether oxygens (including phenoxy) is 4. The Kier molecular flexibility index (Phi) is 7.68. The van der Waals surface area contributed by atoms with E-state index >= 15 is 0 Å². The maximum atomic E-state index is 12.1. The summed E-state index contributed by atoms with van der Waals surface area (Å²) in [5, 5.41) is 2.77. The Morgan fingerprint density at radius 1 is 1.00 bits per heavy atom. The van der Waals surface area contributed by atoms with E-state index in [0.717, 1.165) is 11.1 Å². The quantitative estimate of drug-likeness (QED) is 0.666. The van der Waals surface area contributed by atoms with Crippen molar-refractivity contribution in [3.05, 3.63) is 53.6 Å². The molecule has 0 radical (unpaired) electrons. The van der Waals surface area contributed by atoms with Crippen molar-refractivity contribution in [3.63, 3.8) is 0 Å². The van der Waals surface area contributed by atoms with Crippen molar-refractivity contribution in [2.45, 2.75) is 19.9 Å². The Labute approximate surface area is 164 Å². The van der Waals surface area contributed by atoms with Crippen LogP contribution in [0.4, 0.5) is 0 Å². The third-order valence-electron chi connectivity index (χ3n) is 4.08. The maximum Gasteiger partial charge on any atom is 0.344 e. The fourth-order valence-corrected chi connectivity index (χ4v) is 2.58. The van der Waals surface area contributed by atoms with Crippen molar-refractivity contribution in [3.8, 4) is 17.2 Å². The molecule has 0 saturated carbocycles. The second kappa shape index (κ2) is 10.2. The van der Waals surface area contributed by atoms with Gasteiger partial charge >= 0.3 is 5.97 Å². The molecule has 0 aromatic heterocycles. The second-order valence-electron chi connectivity index (χ2n) is 6.11. The summed E-state index contributed by atoms with van der Waals surface area (Å²) >= 11 is 0. The minimum Gasteiger partial charge on any atom is -0.497 e. The molecule has 0 aliphatic carbocycles. The molecular weight excluding hydrogens is 362 g/mol. The predicted molar refractivity (Wildman–Crippen MR) is 104 cm³/mol. The van der Waals surface area contributed by atoms with Crippen LogP contribution in [0, 0.1) is 6.92 Å². The largest absolute Gasteiger partial charge is 0.497 e. The van der Waals surface area contributed by atoms with E-state index in [0.29, 0.717) is 17.2 Å². The number of hydrogen-bond donors (Lipinski definition) is 1. The average molecular weight is 387 g/mol. The van der Waals surface area contributed by atoms with Gasteiger partial charge in [0.15, 0.2) is 13.2 Å². The summed E-state index contributed by atoms with van der Waals surface area (Å²) in [5.74, 6) is 0.822. The van der Waals surface area contributed by atoms with E-state index in [-0.39, 0.29) is 12.6 Å². The number of methoxy groups -OCH3 is 2. The zero-order chi connectivity index (χ0) is 20.5. The lowest BCUT2D eigenvalue weighted by Crippen LogP contribution is -2.32. The number of carbonyl (C=O) groups excluding carboxylic acids is 2. The SMILES string of the molecule is COc1ccc(OC)c([C@H](C)NC(=O)COC(=O)COc2ccccc2C)c1. The first-order valence-corrected chi connectivity index (χ1v) is 8.80. The first-order chi connectivity index (χ1) is 13.4. The predicted octanol–water partition coefficient (Wildman–Crippen LogP) is 2.81. The van der Waals surface area contributed by atoms with Crippen LogP contribution >= 0.6 is 0 Å². The van der Waals surface area contributed by atoms with Gasteiger partial charge in [0.1, 0.15) is 17.2 Å². The number of esters is 1. The standard InChI is InChI=1S/C21H25NO6/c1-14-7-5-6-8-18(14)27-13-21(24)28-12-20(23)22-15(2)17-11-16(25-3)9-10-19(17)26-4/h5-11,15H,12-13H2,1-4H3,(H,22,23)/t15-/m0/s1. The Bertz CT molecular complexity index is 820. The molecule has 2 aromatic rings. The van der Waals surface area contributed by atoms with Crippen molar-refractivity contribution >= 4 is 11.9 Å². The van der Waals surface area contributed by atoms with Crippen LogP contribution in [-0.4, -0.2) is 39.3 Å². The topological polar surface area (TPSA) is 83.1 Å². The van der Waals surface area contributed by atoms with Crippen molar-refractivity contribution in [1.82, 2.24) is 5.32 Å². The van der Waals surface area contributed by atoms with Gasteiger partial charge in [0.05, 0.1) is 20.3 Å². The monoisotopic (exact) mass is 387 g/mol. The molecule has 0 bridgehead atoms. The number of hydrogen-bond acceptors (Lipinski definition) is 6. The summed E-state index contributed by atoms with van der Waals surface area (Å²) in [5.41, 5.74) is 1.67. The fraction of sp³-hybridized carbons (Fsp3) is 0.333. The Balaban J connectivity index is 1.83. The molecular formula is C21H25NO6. The molecule has 0 saturated heterocycles.